The fourth-order valence-electron chi connectivity index (χ4n) is 1.44. The lowest BCUT2D eigenvalue weighted by Gasteiger charge is -2.05. The van der Waals surface area contributed by atoms with Crippen LogP contribution in [0.1, 0.15) is 12.6 Å². The molecule has 0 atom stereocenters. The van der Waals surface area contributed by atoms with Gasteiger partial charge in [0.15, 0.2) is 5.16 Å². The fraction of sp³-hybridized carbons (Fsp3) is 0.250. The molecule has 2 aromatic heterocycles. The first kappa shape index (κ1) is 12.6. The summed E-state index contributed by atoms with van der Waals surface area (Å²) in [4.78, 5) is 22.1. The van der Waals surface area contributed by atoms with Crippen LogP contribution in [0.4, 0.5) is 5.69 Å². The molecule has 0 aromatic carbocycles. The van der Waals surface area contributed by atoms with Gasteiger partial charge >= 0.3 is 0 Å². The summed E-state index contributed by atoms with van der Waals surface area (Å²) in [5, 5.41) is 3.84. The van der Waals surface area contributed by atoms with Crippen LogP contribution in [-0.2, 0) is 5.75 Å². The number of anilines is 1. The first-order valence-electron chi connectivity index (χ1n) is 5.65. The second-order valence-electron chi connectivity index (χ2n) is 3.59. The van der Waals surface area contributed by atoms with Crippen molar-refractivity contribution in [3.63, 3.8) is 0 Å². The standard InChI is InChI=1S/C12H14N4OS/c1-2-13-9-3-5-14-10(7-9)8-18-12-15-6-4-11(17)16-12/h3-7H,2,8H2,1H3,(H,13,14)(H,15,16,17). The molecule has 0 spiro atoms. The van der Waals surface area contributed by atoms with Crippen LogP contribution in [0.25, 0.3) is 0 Å². The van der Waals surface area contributed by atoms with Gasteiger partial charge in [0.1, 0.15) is 0 Å². The molecule has 2 heterocycles. The number of hydrogen-bond acceptors (Lipinski definition) is 5. The Kier molecular flexibility index (Phi) is 4.35. The fourth-order valence-corrected chi connectivity index (χ4v) is 2.19. The molecule has 0 aliphatic carbocycles. The van der Waals surface area contributed by atoms with Gasteiger partial charge in [0.2, 0.25) is 0 Å². The first-order chi connectivity index (χ1) is 8.78. The average molecular weight is 262 g/mol. The minimum atomic E-state index is -0.137. The maximum Gasteiger partial charge on any atom is 0.251 e. The number of H-pyrrole nitrogens is 1. The summed E-state index contributed by atoms with van der Waals surface area (Å²) in [7, 11) is 0. The van der Waals surface area contributed by atoms with Crippen LogP contribution in [0.15, 0.2) is 40.5 Å². The Balaban J connectivity index is 2.01. The quantitative estimate of drug-likeness (QED) is 0.636. The van der Waals surface area contributed by atoms with Crippen molar-refractivity contribution in [2.75, 3.05) is 11.9 Å². The number of rotatable bonds is 5. The lowest BCUT2D eigenvalue weighted by Crippen LogP contribution is -2.05. The summed E-state index contributed by atoms with van der Waals surface area (Å²) in [5.41, 5.74) is 1.87. The van der Waals surface area contributed by atoms with Crippen molar-refractivity contribution in [2.45, 2.75) is 17.8 Å². The molecule has 0 amide bonds. The highest BCUT2D eigenvalue weighted by molar-refractivity contribution is 7.98. The van der Waals surface area contributed by atoms with Gasteiger partial charge in [0.05, 0.1) is 5.69 Å². The van der Waals surface area contributed by atoms with Gasteiger partial charge in [-0.1, -0.05) is 11.8 Å². The molecule has 2 aromatic rings. The van der Waals surface area contributed by atoms with E-state index in [9.17, 15) is 4.79 Å². The molecular formula is C12H14N4OS. The number of nitrogens with one attached hydrogen (secondary N) is 2. The number of hydrogen-bond donors (Lipinski definition) is 2. The van der Waals surface area contributed by atoms with Gasteiger partial charge in [-0.15, -0.1) is 0 Å². The summed E-state index contributed by atoms with van der Waals surface area (Å²) >= 11 is 1.46. The van der Waals surface area contributed by atoms with Crippen LogP contribution in [0.3, 0.4) is 0 Å². The summed E-state index contributed by atoms with van der Waals surface area (Å²) in [5.74, 6) is 0.673. The summed E-state index contributed by atoms with van der Waals surface area (Å²) in [6.45, 7) is 2.93. The van der Waals surface area contributed by atoms with Crippen LogP contribution in [0.2, 0.25) is 0 Å². The van der Waals surface area contributed by atoms with Crippen LogP contribution in [-0.4, -0.2) is 21.5 Å². The third-order valence-corrected chi connectivity index (χ3v) is 3.12. The second kappa shape index (κ2) is 6.20. The molecule has 0 saturated carbocycles. The number of thioether (sulfide) groups is 1. The lowest BCUT2D eigenvalue weighted by molar-refractivity contribution is 0.935. The van der Waals surface area contributed by atoms with E-state index in [1.807, 2.05) is 19.1 Å². The van der Waals surface area contributed by atoms with E-state index in [-0.39, 0.29) is 5.56 Å². The Labute approximate surface area is 109 Å². The van der Waals surface area contributed by atoms with Gasteiger partial charge in [-0.2, -0.15) is 0 Å². The zero-order valence-corrected chi connectivity index (χ0v) is 10.8. The topological polar surface area (TPSA) is 70.7 Å². The Morgan fingerprint density at radius 3 is 2.94 bits per heavy atom. The van der Waals surface area contributed by atoms with Crippen LogP contribution < -0.4 is 10.9 Å². The van der Waals surface area contributed by atoms with E-state index in [2.05, 4.69) is 20.3 Å². The maximum absolute atomic E-state index is 11.1. The largest absolute Gasteiger partial charge is 0.385 e. The molecule has 94 valence electrons. The average Bonchev–Trinajstić information content (AvgIpc) is 2.37. The highest BCUT2D eigenvalue weighted by Gasteiger charge is 2.00. The molecule has 0 bridgehead atoms. The van der Waals surface area contributed by atoms with E-state index in [1.165, 1.54) is 24.0 Å². The molecule has 0 radical (unpaired) electrons. The molecule has 0 aliphatic heterocycles. The van der Waals surface area contributed by atoms with Crippen LogP contribution in [0.5, 0.6) is 0 Å². The Hall–Kier alpha value is -1.82. The maximum atomic E-state index is 11.1. The Morgan fingerprint density at radius 1 is 1.33 bits per heavy atom. The molecule has 0 unspecified atom stereocenters. The van der Waals surface area contributed by atoms with Gasteiger partial charge in [-0.3, -0.25) is 9.78 Å². The van der Waals surface area contributed by atoms with Crippen molar-refractivity contribution in [1.29, 1.82) is 0 Å². The van der Waals surface area contributed by atoms with Crippen molar-refractivity contribution < 1.29 is 0 Å². The SMILES string of the molecule is CCNc1ccnc(CSc2nccc(=O)[nH]2)c1. The van der Waals surface area contributed by atoms with Gasteiger partial charge in [-0.25, -0.2) is 4.98 Å². The Bertz CT molecular complexity index is 570. The molecule has 2 rings (SSSR count). The van der Waals surface area contributed by atoms with Crippen LogP contribution >= 0.6 is 11.8 Å². The molecule has 0 fully saturated rings. The minimum Gasteiger partial charge on any atom is -0.385 e. The van der Waals surface area contributed by atoms with E-state index in [1.54, 1.807) is 6.20 Å². The van der Waals surface area contributed by atoms with Crippen LogP contribution in [0, 0.1) is 0 Å². The molecule has 5 nitrogen and oxygen atoms in total. The first-order valence-corrected chi connectivity index (χ1v) is 6.63. The number of pyridine rings is 1. The van der Waals surface area contributed by atoms with E-state index in [0.717, 1.165) is 17.9 Å². The summed E-state index contributed by atoms with van der Waals surface area (Å²) < 4.78 is 0. The van der Waals surface area contributed by atoms with E-state index >= 15 is 0 Å². The van der Waals surface area contributed by atoms with Crippen molar-refractivity contribution in [1.82, 2.24) is 15.0 Å². The molecule has 18 heavy (non-hydrogen) atoms. The Morgan fingerprint density at radius 2 is 2.17 bits per heavy atom. The summed E-state index contributed by atoms with van der Waals surface area (Å²) in [6.07, 6.45) is 3.28. The molecular weight excluding hydrogens is 248 g/mol. The predicted molar refractivity (Wildman–Crippen MR) is 72.8 cm³/mol. The van der Waals surface area contributed by atoms with Gasteiger partial charge < -0.3 is 10.3 Å². The van der Waals surface area contributed by atoms with Crippen molar-refractivity contribution in [3.8, 4) is 0 Å². The second-order valence-corrected chi connectivity index (χ2v) is 4.56. The smallest absolute Gasteiger partial charge is 0.251 e. The van der Waals surface area contributed by atoms with E-state index < -0.39 is 0 Å². The molecule has 6 heteroatoms. The highest BCUT2D eigenvalue weighted by Crippen LogP contribution is 2.18. The minimum absolute atomic E-state index is 0.137. The third kappa shape index (κ3) is 3.59. The highest BCUT2D eigenvalue weighted by atomic mass is 32.2. The molecule has 0 aliphatic rings. The van der Waals surface area contributed by atoms with E-state index in [4.69, 9.17) is 0 Å². The molecule has 0 saturated heterocycles. The normalized spacial score (nSPS) is 10.3. The van der Waals surface area contributed by atoms with Gasteiger partial charge in [0.25, 0.3) is 5.56 Å². The monoisotopic (exact) mass is 262 g/mol. The van der Waals surface area contributed by atoms with Crippen molar-refractivity contribution in [3.05, 3.63) is 46.6 Å². The van der Waals surface area contributed by atoms with Gasteiger partial charge in [0, 0.05) is 36.4 Å². The summed E-state index contributed by atoms with van der Waals surface area (Å²) in [6, 6.07) is 5.33. The van der Waals surface area contributed by atoms with Crippen molar-refractivity contribution in [2.24, 2.45) is 0 Å². The molecule has 2 N–H and O–H groups in total. The third-order valence-electron chi connectivity index (χ3n) is 2.20. The zero-order valence-electron chi connectivity index (χ0n) is 10.0. The lowest BCUT2D eigenvalue weighted by atomic mass is 10.3. The zero-order chi connectivity index (χ0) is 12.8. The van der Waals surface area contributed by atoms with Gasteiger partial charge in [-0.05, 0) is 19.1 Å². The number of aromatic amines is 1. The number of nitrogens with zero attached hydrogens (tertiary/aromatic N) is 2. The van der Waals surface area contributed by atoms with Crippen molar-refractivity contribution >= 4 is 17.4 Å². The number of aromatic nitrogens is 3. The van der Waals surface area contributed by atoms with E-state index in [0.29, 0.717) is 10.9 Å². The predicted octanol–water partition coefficient (Wildman–Crippen LogP) is 1.89.